The molecule has 0 bridgehead atoms. The van der Waals surface area contributed by atoms with Crippen LogP contribution in [0.3, 0.4) is 0 Å². The fraction of sp³-hybridized carbons (Fsp3) is 0.909. The summed E-state index contributed by atoms with van der Waals surface area (Å²) in [5, 5.41) is 21.8. The lowest BCUT2D eigenvalue weighted by Gasteiger charge is -2.46. The number of aromatic nitrogens is 4. The minimum absolute atomic E-state index is 0.474. The number of aryl methyl sites for hydroxylation is 1. The van der Waals surface area contributed by atoms with Crippen LogP contribution in [0.5, 0.6) is 0 Å². The van der Waals surface area contributed by atoms with Crippen LogP contribution in [0.25, 0.3) is 0 Å². The van der Waals surface area contributed by atoms with E-state index in [1.165, 1.54) is 0 Å². The largest absolute Gasteiger partial charge is 0.387 e. The van der Waals surface area contributed by atoms with Gasteiger partial charge in [-0.3, -0.25) is 4.90 Å². The highest BCUT2D eigenvalue weighted by Crippen LogP contribution is 2.26. The molecule has 1 saturated heterocycles. The van der Waals surface area contributed by atoms with E-state index in [0.717, 1.165) is 51.3 Å². The third-order valence-corrected chi connectivity index (χ3v) is 3.16. The molecule has 0 aliphatic carbocycles. The number of β-amino-alcohol motifs (C(OH)–C–C–N with tert-alkyl or cyclic N) is 1. The second kappa shape index (κ2) is 5.10. The van der Waals surface area contributed by atoms with E-state index in [-0.39, 0.29) is 0 Å². The van der Waals surface area contributed by atoms with Crippen LogP contribution in [-0.4, -0.2) is 48.9 Å². The molecule has 1 aromatic rings. The zero-order valence-corrected chi connectivity index (χ0v) is 10.6. The summed E-state index contributed by atoms with van der Waals surface area (Å²) >= 11 is 0. The van der Waals surface area contributed by atoms with Crippen LogP contribution in [0, 0.1) is 0 Å². The number of rotatable bonds is 6. The molecule has 0 unspecified atom stereocenters. The molecular formula is C11H21N5O. The molecule has 1 aliphatic rings. The van der Waals surface area contributed by atoms with Gasteiger partial charge >= 0.3 is 0 Å². The monoisotopic (exact) mass is 239 g/mol. The van der Waals surface area contributed by atoms with E-state index in [1.54, 1.807) is 0 Å². The third kappa shape index (κ3) is 2.81. The topological polar surface area (TPSA) is 67.1 Å². The lowest BCUT2D eigenvalue weighted by Crippen LogP contribution is -2.61. The van der Waals surface area contributed by atoms with E-state index in [0.29, 0.717) is 0 Å². The molecule has 2 rings (SSSR count). The molecule has 96 valence electrons. The highest BCUT2D eigenvalue weighted by atomic mass is 16.3. The Hall–Kier alpha value is -1.01. The Morgan fingerprint density at radius 2 is 2.06 bits per heavy atom. The van der Waals surface area contributed by atoms with Gasteiger partial charge in [0.25, 0.3) is 0 Å². The minimum Gasteiger partial charge on any atom is -0.387 e. The molecule has 6 nitrogen and oxygen atoms in total. The van der Waals surface area contributed by atoms with Gasteiger partial charge in [-0.05, 0) is 23.3 Å². The first-order valence-corrected chi connectivity index (χ1v) is 6.36. The van der Waals surface area contributed by atoms with Crippen LogP contribution in [-0.2, 0) is 13.1 Å². The van der Waals surface area contributed by atoms with E-state index in [2.05, 4.69) is 34.3 Å². The van der Waals surface area contributed by atoms with Crippen molar-refractivity contribution >= 4 is 0 Å². The molecule has 0 atom stereocenters. The number of hydrogen-bond donors (Lipinski definition) is 1. The predicted molar refractivity (Wildman–Crippen MR) is 63.2 cm³/mol. The van der Waals surface area contributed by atoms with Gasteiger partial charge in [-0.25, -0.2) is 4.68 Å². The molecule has 2 heterocycles. The van der Waals surface area contributed by atoms with Crippen LogP contribution < -0.4 is 0 Å². The molecule has 0 aromatic carbocycles. The van der Waals surface area contributed by atoms with Crippen molar-refractivity contribution in [3.8, 4) is 0 Å². The van der Waals surface area contributed by atoms with Gasteiger partial charge in [0.1, 0.15) is 0 Å². The van der Waals surface area contributed by atoms with Crippen molar-refractivity contribution in [1.82, 2.24) is 25.1 Å². The maximum Gasteiger partial charge on any atom is 0.165 e. The Labute approximate surface area is 102 Å². The van der Waals surface area contributed by atoms with E-state index in [4.69, 9.17) is 0 Å². The first-order valence-electron chi connectivity index (χ1n) is 6.36. The molecule has 1 fully saturated rings. The van der Waals surface area contributed by atoms with Gasteiger partial charge in [-0.2, -0.15) is 0 Å². The molecule has 0 saturated carbocycles. The Bertz CT molecular complexity index is 358. The molecule has 17 heavy (non-hydrogen) atoms. The fourth-order valence-corrected chi connectivity index (χ4v) is 2.44. The van der Waals surface area contributed by atoms with Crippen molar-refractivity contribution in [3.05, 3.63) is 5.82 Å². The molecule has 1 aliphatic heterocycles. The standard InChI is InChI=1S/C11H21N5O/c1-3-5-11(17)8-15(9-11)7-10-12-13-14-16(10)6-4-2/h17H,3-9H2,1-2H3. The molecule has 0 spiro atoms. The normalized spacial score (nSPS) is 19.2. The summed E-state index contributed by atoms with van der Waals surface area (Å²) in [6, 6.07) is 0. The number of nitrogens with zero attached hydrogens (tertiary/aromatic N) is 5. The van der Waals surface area contributed by atoms with E-state index in [1.807, 2.05) is 4.68 Å². The Balaban J connectivity index is 1.85. The average molecular weight is 239 g/mol. The van der Waals surface area contributed by atoms with Crippen molar-refractivity contribution in [3.63, 3.8) is 0 Å². The van der Waals surface area contributed by atoms with Crippen LogP contribution in [0.2, 0.25) is 0 Å². The van der Waals surface area contributed by atoms with Crippen molar-refractivity contribution < 1.29 is 5.11 Å². The summed E-state index contributed by atoms with van der Waals surface area (Å²) < 4.78 is 1.84. The van der Waals surface area contributed by atoms with Gasteiger partial charge in [0, 0.05) is 19.6 Å². The fourth-order valence-electron chi connectivity index (χ4n) is 2.44. The van der Waals surface area contributed by atoms with Gasteiger partial charge < -0.3 is 5.11 Å². The number of aliphatic hydroxyl groups is 1. The lowest BCUT2D eigenvalue weighted by atomic mass is 9.89. The second-order valence-electron chi connectivity index (χ2n) is 4.94. The third-order valence-electron chi connectivity index (χ3n) is 3.16. The summed E-state index contributed by atoms with van der Waals surface area (Å²) in [5.74, 6) is 0.894. The average Bonchev–Trinajstić information content (AvgIpc) is 2.65. The summed E-state index contributed by atoms with van der Waals surface area (Å²) in [6.45, 7) is 7.27. The summed E-state index contributed by atoms with van der Waals surface area (Å²) in [5.41, 5.74) is -0.474. The number of likely N-dealkylation sites (tertiary alicyclic amines) is 1. The van der Waals surface area contributed by atoms with Crippen LogP contribution in [0.4, 0.5) is 0 Å². The van der Waals surface area contributed by atoms with Crippen LogP contribution in [0.15, 0.2) is 0 Å². The van der Waals surface area contributed by atoms with Crippen molar-refractivity contribution in [2.45, 2.75) is 51.8 Å². The van der Waals surface area contributed by atoms with E-state index >= 15 is 0 Å². The Kier molecular flexibility index (Phi) is 3.73. The highest BCUT2D eigenvalue weighted by Gasteiger charge is 2.40. The first-order chi connectivity index (χ1) is 8.17. The van der Waals surface area contributed by atoms with Crippen LogP contribution >= 0.6 is 0 Å². The number of hydrogen-bond acceptors (Lipinski definition) is 5. The SMILES string of the molecule is CCCn1nnnc1CN1CC(O)(CCC)C1. The Morgan fingerprint density at radius 3 is 2.71 bits per heavy atom. The molecule has 0 radical (unpaired) electrons. The zero-order chi connectivity index (χ0) is 12.3. The van der Waals surface area contributed by atoms with Gasteiger partial charge in [-0.1, -0.05) is 20.3 Å². The smallest absolute Gasteiger partial charge is 0.165 e. The Morgan fingerprint density at radius 1 is 1.29 bits per heavy atom. The quantitative estimate of drug-likeness (QED) is 0.779. The minimum atomic E-state index is -0.474. The maximum atomic E-state index is 10.1. The van der Waals surface area contributed by atoms with Gasteiger partial charge in [0.2, 0.25) is 0 Å². The van der Waals surface area contributed by atoms with Gasteiger partial charge in [0.05, 0.1) is 12.1 Å². The van der Waals surface area contributed by atoms with E-state index in [9.17, 15) is 5.11 Å². The maximum absolute atomic E-state index is 10.1. The molecule has 1 aromatic heterocycles. The first kappa shape index (κ1) is 12.4. The van der Waals surface area contributed by atoms with Crippen molar-refractivity contribution in [2.75, 3.05) is 13.1 Å². The summed E-state index contributed by atoms with van der Waals surface area (Å²) in [6.07, 6.45) is 2.93. The van der Waals surface area contributed by atoms with Crippen molar-refractivity contribution in [1.29, 1.82) is 0 Å². The van der Waals surface area contributed by atoms with Crippen LogP contribution in [0.1, 0.15) is 38.9 Å². The van der Waals surface area contributed by atoms with Gasteiger partial charge in [-0.15, -0.1) is 5.10 Å². The van der Waals surface area contributed by atoms with Crippen molar-refractivity contribution in [2.24, 2.45) is 0 Å². The molecule has 0 amide bonds. The summed E-state index contributed by atoms with van der Waals surface area (Å²) in [7, 11) is 0. The molecule has 6 heteroatoms. The predicted octanol–water partition coefficient (Wildman–Crippen LogP) is 0.430. The highest BCUT2D eigenvalue weighted by molar-refractivity contribution is 4.97. The zero-order valence-electron chi connectivity index (χ0n) is 10.6. The number of tetrazole rings is 1. The van der Waals surface area contributed by atoms with Gasteiger partial charge in [0.15, 0.2) is 5.82 Å². The van der Waals surface area contributed by atoms with E-state index < -0.39 is 5.60 Å². The molecular weight excluding hydrogens is 218 g/mol. The molecule has 1 N–H and O–H groups in total. The second-order valence-corrected chi connectivity index (χ2v) is 4.94. The lowest BCUT2D eigenvalue weighted by molar-refractivity contribution is -0.107. The summed E-state index contributed by atoms with van der Waals surface area (Å²) in [4.78, 5) is 2.19.